The van der Waals surface area contributed by atoms with Crippen LogP contribution in [0.25, 0.3) is 0 Å². The van der Waals surface area contributed by atoms with Crippen LogP contribution < -0.4 is 5.32 Å². The second kappa shape index (κ2) is 7.09. The minimum absolute atomic E-state index is 0.0983. The van der Waals surface area contributed by atoms with Gasteiger partial charge in [-0.25, -0.2) is 0 Å². The Hall–Kier alpha value is -2.27. The van der Waals surface area contributed by atoms with Gasteiger partial charge in [-0.15, -0.1) is 0 Å². The Labute approximate surface area is 138 Å². The summed E-state index contributed by atoms with van der Waals surface area (Å²) in [4.78, 5) is 13.3. The van der Waals surface area contributed by atoms with E-state index in [0.29, 0.717) is 25.1 Å². The number of nitriles is 1. The van der Waals surface area contributed by atoms with Gasteiger partial charge < -0.3 is 15.0 Å². The van der Waals surface area contributed by atoms with Crippen LogP contribution in [-0.2, 0) is 15.7 Å². The summed E-state index contributed by atoms with van der Waals surface area (Å²) in [7, 11) is 3.31. The molecule has 0 saturated carbocycles. The van der Waals surface area contributed by atoms with Crippen LogP contribution in [0.1, 0.15) is 24.0 Å². The van der Waals surface area contributed by atoms with Crippen molar-refractivity contribution in [2.75, 3.05) is 26.0 Å². The molecule has 0 aliphatic carbocycles. The molecule has 0 radical (unpaired) electrons. The quantitative estimate of drug-likeness (QED) is 0.914. The molecule has 1 aliphatic rings. The molecule has 1 aliphatic heterocycles. The summed E-state index contributed by atoms with van der Waals surface area (Å²) in [6.45, 7) is 0.355. The first-order chi connectivity index (χ1) is 11.2. The standard InChI is InChI=1S/C16H18F3N3O2/c1-22(2)15(23)14-6-4-12(24-14)9-21-11-3-5-13(16(17,18)19)10(7-11)8-20/h3,5,7,12,14,21H,4,6,9H2,1-2H3/t12-,14+/m1/s1. The Morgan fingerprint density at radius 2 is 2.12 bits per heavy atom. The zero-order valence-electron chi connectivity index (χ0n) is 13.4. The molecular formula is C16H18F3N3O2. The molecule has 1 saturated heterocycles. The number of likely N-dealkylation sites (N-methyl/N-ethyl adjacent to an activating group) is 1. The van der Waals surface area contributed by atoms with Gasteiger partial charge in [0.2, 0.25) is 0 Å². The SMILES string of the molecule is CN(C)C(=O)[C@@H]1CC[C@H](CNc2ccc(C(F)(F)F)c(C#N)c2)O1. The molecule has 1 aromatic rings. The number of hydrogen-bond acceptors (Lipinski definition) is 4. The van der Waals surface area contributed by atoms with Crippen LogP contribution >= 0.6 is 0 Å². The highest BCUT2D eigenvalue weighted by Gasteiger charge is 2.34. The van der Waals surface area contributed by atoms with E-state index in [2.05, 4.69) is 5.32 Å². The third-order valence-electron chi connectivity index (χ3n) is 3.80. The molecule has 1 heterocycles. The van der Waals surface area contributed by atoms with Crippen LogP contribution in [0.4, 0.5) is 18.9 Å². The Balaban J connectivity index is 1.96. The van der Waals surface area contributed by atoms with Crippen LogP contribution in [0.2, 0.25) is 0 Å². The summed E-state index contributed by atoms with van der Waals surface area (Å²) in [6.07, 6.45) is -3.94. The number of alkyl halides is 3. The topological polar surface area (TPSA) is 65.4 Å². The Morgan fingerprint density at radius 1 is 1.42 bits per heavy atom. The molecule has 0 spiro atoms. The molecule has 2 atom stereocenters. The maximum absolute atomic E-state index is 12.8. The van der Waals surface area contributed by atoms with E-state index in [1.54, 1.807) is 20.2 Å². The Bertz CT molecular complexity index is 653. The summed E-state index contributed by atoms with van der Waals surface area (Å²) >= 11 is 0. The number of anilines is 1. The van der Waals surface area contributed by atoms with Gasteiger partial charge in [0, 0.05) is 26.3 Å². The van der Waals surface area contributed by atoms with Crippen molar-refractivity contribution in [1.82, 2.24) is 4.90 Å². The van der Waals surface area contributed by atoms with Crippen molar-refractivity contribution in [3.63, 3.8) is 0 Å². The van der Waals surface area contributed by atoms with Crippen LogP contribution in [0.5, 0.6) is 0 Å². The molecule has 1 N–H and O–H groups in total. The molecule has 130 valence electrons. The number of amides is 1. The second-order valence-corrected chi connectivity index (χ2v) is 5.81. The maximum Gasteiger partial charge on any atom is 0.417 e. The number of nitrogens with zero attached hydrogens (tertiary/aromatic N) is 2. The first-order valence-electron chi connectivity index (χ1n) is 7.44. The summed E-state index contributed by atoms with van der Waals surface area (Å²) < 4.78 is 43.9. The van der Waals surface area contributed by atoms with Gasteiger partial charge in [0.15, 0.2) is 0 Å². The lowest BCUT2D eigenvalue weighted by atomic mass is 10.1. The minimum Gasteiger partial charge on any atom is -0.382 e. The molecule has 1 fully saturated rings. The van der Waals surface area contributed by atoms with Gasteiger partial charge in [-0.3, -0.25) is 4.79 Å². The number of carbonyl (C=O) groups is 1. The van der Waals surface area contributed by atoms with Crippen LogP contribution in [0, 0.1) is 11.3 Å². The monoisotopic (exact) mass is 341 g/mol. The van der Waals surface area contributed by atoms with Crippen molar-refractivity contribution < 1.29 is 22.7 Å². The molecule has 24 heavy (non-hydrogen) atoms. The predicted octanol–water partition coefficient (Wildman–Crippen LogP) is 2.62. The van der Waals surface area contributed by atoms with E-state index in [9.17, 15) is 18.0 Å². The lowest BCUT2D eigenvalue weighted by Gasteiger charge is -2.18. The fourth-order valence-electron chi connectivity index (χ4n) is 2.55. The molecule has 8 heteroatoms. The molecule has 1 amide bonds. The average Bonchev–Trinajstić information content (AvgIpc) is 2.99. The number of halogens is 3. The fourth-order valence-corrected chi connectivity index (χ4v) is 2.55. The van der Waals surface area contributed by atoms with Gasteiger partial charge in [-0.05, 0) is 31.0 Å². The van der Waals surface area contributed by atoms with Crippen molar-refractivity contribution >= 4 is 11.6 Å². The fraction of sp³-hybridized carbons (Fsp3) is 0.500. The summed E-state index contributed by atoms with van der Waals surface area (Å²) in [5.41, 5.74) is -0.977. The third-order valence-corrected chi connectivity index (χ3v) is 3.80. The number of carbonyl (C=O) groups excluding carboxylic acids is 1. The van der Waals surface area contributed by atoms with Gasteiger partial charge in [0.1, 0.15) is 6.10 Å². The van der Waals surface area contributed by atoms with Gasteiger partial charge in [-0.1, -0.05) is 0 Å². The average molecular weight is 341 g/mol. The molecule has 5 nitrogen and oxygen atoms in total. The summed E-state index contributed by atoms with van der Waals surface area (Å²) in [5, 5.41) is 11.8. The summed E-state index contributed by atoms with van der Waals surface area (Å²) in [5.74, 6) is -0.0983. The van der Waals surface area contributed by atoms with E-state index < -0.39 is 23.4 Å². The highest BCUT2D eigenvalue weighted by Crippen LogP contribution is 2.33. The van der Waals surface area contributed by atoms with Gasteiger partial charge >= 0.3 is 6.18 Å². The lowest BCUT2D eigenvalue weighted by Crippen LogP contribution is -2.34. The minimum atomic E-state index is -4.56. The van der Waals surface area contributed by atoms with Gasteiger partial charge in [-0.2, -0.15) is 18.4 Å². The molecule has 0 bridgehead atoms. The van der Waals surface area contributed by atoms with Gasteiger partial charge in [0.05, 0.1) is 23.3 Å². The third kappa shape index (κ3) is 4.17. The first kappa shape index (κ1) is 18.1. The number of benzene rings is 1. The van der Waals surface area contributed by atoms with E-state index >= 15 is 0 Å². The number of nitrogens with one attached hydrogen (secondary N) is 1. The lowest BCUT2D eigenvalue weighted by molar-refractivity contribution is -0.140. The van der Waals surface area contributed by atoms with Gasteiger partial charge in [0.25, 0.3) is 5.91 Å². The summed E-state index contributed by atoms with van der Waals surface area (Å²) in [6, 6.07) is 4.89. The molecule has 2 rings (SSSR count). The first-order valence-corrected chi connectivity index (χ1v) is 7.44. The zero-order chi connectivity index (χ0) is 17.9. The smallest absolute Gasteiger partial charge is 0.382 e. The van der Waals surface area contributed by atoms with Crippen molar-refractivity contribution in [2.24, 2.45) is 0 Å². The van der Waals surface area contributed by atoms with Crippen molar-refractivity contribution in [3.05, 3.63) is 29.3 Å². The highest BCUT2D eigenvalue weighted by molar-refractivity contribution is 5.80. The van der Waals surface area contributed by atoms with Crippen molar-refractivity contribution in [2.45, 2.75) is 31.2 Å². The zero-order valence-corrected chi connectivity index (χ0v) is 13.4. The number of hydrogen-bond donors (Lipinski definition) is 1. The van der Waals surface area contributed by atoms with Crippen molar-refractivity contribution in [1.29, 1.82) is 5.26 Å². The molecular weight excluding hydrogens is 323 g/mol. The molecule has 1 aromatic carbocycles. The second-order valence-electron chi connectivity index (χ2n) is 5.81. The van der Waals surface area contributed by atoms with E-state index in [0.717, 1.165) is 6.07 Å². The van der Waals surface area contributed by atoms with E-state index in [1.165, 1.54) is 17.0 Å². The Kier molecular flexibility index (Phi) is 5.34. The van der Waals surface area contributed by atoms with E-state index in [4.69, 9.17) is 10.00 Å². The molecule has 0 unspecified atom stereocenters. The highest BCUT2D eigenvalue weighted by atomic mass is 19.4. The maximum atomic E-state index is 12.8. The van der Waals surface area contributed by atoms with Crippen LogP contribution in [0.3, 0.4) is 0 Å². The van der Waals surface area contributed by atoms with Crippen molar-refractivity contribution in [3.8, 4) is 6.07 Å². The Morgan fingerprint density at radius 3 is 2.71 bits per heavy atom. The normalized spacial score (nSPS) is 20.5. The number of ether oxygens (including phenoxy) is 1. The van der Waals surface area contributed by atoms with Crippen LogP contribution in [-0.4, -0.2) is 43.7 Å². The molecule has 0 aromatic heterocycles. The number of rotatable bonds is 4. The van der Waals surface area contributed by atoms with Crippen LogP contribution in [0.15, 0.2) is 18.2 Å². The largest absolute Gasteiger partial charge is 0.417 e. The predicted molar refractivity (Wildman–Crippen MR) is 81.2 cm³/mol. The van der Waals surface area contributed by atoms with E-state index in [1.807, 2.05) is 0 Å². The van der Waals surface area contributed by atoms with E-state index in [-0.39, 0.29) is 12.0 Å².